The first-order valence-electron chi connectivity index (χ1n) is 8.08. The maximum atomic E-state index is 12.4. The van der Waals surface area contributed by atoms with Crippen molar-refractivity contribution in [2.24, 2.45) is 0 Å². The molecule has 1 aliphatic carbocycles. The third kappa shape index (κ3) is 3.80. The molecule has 3 aromatic rings. The van der Waals surface area contributed by atoms with Crippen LogP contribution in [0.3, 0.4) is 0 Å². The van der Waals surface area contributed by atoms with E-state index in [1.54, 1.807) is 30.5 Å². The molecule has 0 spiro atoms. The summed E-state index contributed by atoms with van der Waals surface area (Å²) in [6.45, 7) is 0.587. The zero-order valence-corrected chi connectivity index (χ0v) is 15.0. The van der Waals surface area contributed by atoms with Gasteiger partial charge in [-0.3, -0.25) is 9.36 Å². The normalized spacial score (nSPS) is 14.0. The number of rotatable bonds is 7. The summed E-state index contributed by atoms with van der Waals surface area (Å²) in [5.74, 6) is 2.67. The van der Waals surface area contributed by atoms with Crippen LogP contribution >= 0.6 is 23.4 Å². The quantitative estimate of drug-likeness (QED) is 0.453. The van der Waals surface area contributed by atoms with E-state index in [2.05, 4.69) is 14.8 Å². The molecule has 2 heterocycles. The van der Waals surface area contributed by atoms with Crippen molar-refractivity contribution in [2.75, 3.05) is 5.75 Å². The molecule has 1 aromatic carbocycles. The molecule has 0 atom stereocenters. The molecule has 128 valence electrons. The number of halogens is 1. The number of benzene rings is 1. The zero-order chi connectivity index (χ0) is 17.2. The number of furan rings is 1. The summed E-state index contributed by atoms with van der Waals surface area (Å²) in [6, 6.07) is 10.7. The van der Waals surface area contributed by atoms with Crippen molar-refractivity contribution in [3.63, 3.8) is 0 Å². The minimum absolute atomic E-state index is 0.0437. The fourth-order valence-corrected chi connectivity index (χ4v) is 3.57. The van der Waals surface area contributed by atoms with Crippen LogP contribution in [-0.2, 0) is 6.54 Å². The van der Waals surface area contributed by atoms with E-state index < -0.39 is 0 Å². The first kappa shape index (κ1) is 16.4. The molecule has 25 heavy (non-hydrogen) atoms. The van der Waals surface area contributed by atoms with Gasteiger partial charge in [0.2, 0.25) is 0 Å². The standard InChI is InChI=1S/C18H16ClN3O2S/c19-14-7-5-12(6-8-14)16(23)11-25-18-21-20-17(13-3-4-13)22(18)10-15-2-1-9-24-15/h1-2,5-9,13H,3-4,10-11H2. The van der Waals surface area contributed by atoms with Crippen LogP contribution in [0.1, 0.15) is 40.7 Å². The molecule has 0 radical (unpaired) electrons. The Labute approximate surface area is 154 Å². The van der Waals surface area contributed by atoms with Crippen LogP contribution in [0.15, 0.2) is 52.2 Å². The lowest BCUT2D eigenvalue weighted by molar-refractivity contribution is 0.102. The van der Waals surface area contributed by atoms with Gasteiger partial charge in [-0.25, -0.2) is 0 Å². The summed E-state index contributed by atoms with van der Waals surface area (Å²) in [5.41, 5.74) is 0.649. The molecule has 4 rings (SSSR count). The lowest BCUT2D eigenvalue weighted by Crippen LogP contribution is -2.07. The fourth-order valence-electron chi connectivity index (χ4n) is 2.61. The zero-order valence-electron chi connectivity index (χ0n) is 13.4. The van der Waals surface area contributed by atoms with E-state index in [0.29, 0.717) is 28.8 Å². The third-order valence-corrected chi connectivity index (χ3v) is 5.30. The van der Waals surface area contributed by atoms with Gasteiger partial charge in [0, 0.05) is 16.5 Å². The largest absolute Gasteiger partial charge is 0.467 e. The Morgan fingerprint density at radius 2 is 2.04 bits per heavy atom. The van der Waals surface area contributed by atoms with Gasteiger partial charge in [0.1, 0.15) is 11.6 Å². The van der Waals surface area contributed by atoms with Crippen molar-refractivity contribution in [2.45, 2.75) is 30.5 Å². The van der Waals surface area contributed by atoms with Crippen LogP contribution < -0.4 is 0 Å². The molecule has 0 aliphatic heterocycles. The van der Waals surface area contributed by atoms with Gasteiger partial charge in [-0.05, 0) is 49.2 Å². The second-order valence-electron chi connectivity index (χ2n) is 6.00. The highest BCUT2D eigenvalue weighted by atomic mass is 35.5. The number of hydrogen-bond donors (Lipinski definition) is 0. The molecular formula is C18H16ClN3O2S. The van der Waals surface area contributed by atoms with E-state index >= 15 is 0 Å². The Morgan fingerprint density at radius 1 is 1.24 bits per heavy atom. The SMILES string of the molecule is O=C(CSc1nnc(C2CC2)n1Cc1ccco1)c1ccc(Cl)cc1. The van der Waals surface area contributed by atoms with Crippen molar-refractivity contribution in [1.82, 2.24) is 14.8 Å². The first-order chi connectivity index (χ1) is 12.2. The van der Waals surface area contributed by atoms with Crippen molar-refractivity contribution in [1.29, 1.82) is 0 Å². The van der Waals surface area contributed by atoms with Gasteiger partial charge >= 0.3 is 0 Å². The first-order valence-corrected chi connectivity index (χ1v) is 9.44. The van der Waals surface area contributed by atoms with Gasteiger partial charge in [0.15, 0.2) is 10.9 Å². The second-order valence-corrected chi connectivity index (χ2v) is 7.38. The molecule has 0 unspecified atom stereocenters. The Hall–Kier alpha value is -2.05. The molecule has 1 aliphatic rings. The van der Waals surface area contributed by atoms with Crippen molar-refractivity contribution >= 4 is 29.1 Å². The van der Waals surface area contributed by atoms with E-state index in [9.17, 15) is 4.79 Å². The van der Waals surface area contributed by atoms with Gasteiger partial charge in [0.05, 0.1) is 18.6 Å². The number of ketones is 1. The number of hydrogen-bond acceptors (Lipinski definition) is 5. The van der Waals surface area contributed by atoms with Crippen LogP contribution in [0.25, 0.3) is 0 Å². The summed E-state index contributed by atoms with van der Waals surface area (Å²) in [4.78, 5) is 12.4. The summed E-state index contributed by atoms with van der Waals surface area (Å²) in [7, 11) is 0. The monoisotopic (exact) mass is 373 g/mol. The number of carbonyl (C=O) groups is 1. The van der Waals surface area contributed by atoms with E-state index in [4.69, 9.17) is 16.0 Å². The maximum absolute atomic E-state index is 12.4. The van der Waals surface area contributed by atoms with Crippen molar-refractivity contribution in [3.8, 4) is 0 Å². The van der Waals surface area contributed by atoms with Gasteiger partial charge in [-0.15, -0.1) is 10.2 Å². The van der Waals surface area contributed by atoms with E-state index in [-0.39, 0.29) is 5.78 Å². The number of thioether (sulfide) groups is 1. The lowest BCUT2D eigenvalue weighted by Gasteiger charge is -2.08. The smallest absolute Gasteiger partial charge is 0.192 e. The molecule has 0 bridgehead atoms. The molecule has 2 aromatic heterocycles. The number of carbonyl (C=O) groups excluding carboxylic acids is 1. The Balaban J connectivity index is 1.50. The molecule has 7 heteroatoms. The average molecular weight is 374 g/mol. The Kier molecular flexibility index (Phi) is 4.63. The van der Waals surface area contributed by atoms with Crippen molar-refractivity contribution in [3.05, 3.63) is 64.8 Å². The van der Waals surface area contributed by atoms with Gasteiger partial charge < -0.3 is 4.42 Å². The molecule has 0 N–H and O–H groups in total. The maximum Gasteiger partial charge on any atom is 0.192 e. The molecule has 5 nitrogen and oxygen atoms in total. The van der Waals surface area contributed by atoms with Gasteiger partial charge in [0.25, 0.3) is 0 Å². The molecular weight excluding hydrogens is 358 g/mol. The summed E-state index contributed by atoms with van der Waals surface area (Å²) in [6.07, 6.45) is 3.95. The summed E-state index contributed by atoms with van der Waals surface area (Å²) in [5, 5.41) is 10.0. The third-order valence-electron chi connectivity index (χ3n) is 4.08. The second kappa shape index (κ2) is 7.06. The number of aromatic nitrogens is 3. The summed E-state index contributed by atoms with van der Waals surface area (Å²) < 4.78 is 7.52. The summed E-state index contributed by atoms with van der Waals surface area (Å²) >= 11 is 7.28. The number of Topliss-reactive ketones (excluding diaryl/α,β-unsaturated/α-hetero) is 1. The van der Waals surface area contributed by atoms with E-state index in [1.807, 2.05) is 12.1 Å². The van der Waals surface area contributed by atoms with Crippen molar-refractivity contribution < 1.29 is 9.21 Å². The topological polar surface area (TPSA) is 60.9 Å². The Morgan fingerprint density at radius 3 is 2.72 bits per heavy atom. The highest BCUT2D eigenvalue weighted by Gasteiger charge is 2.30. The van der Waals surface area contributed by atoms with Gasteiger partial charge in [-0.1, -0.05) is 23.4 Å². The highest BCUT2D eigenvalue weighted by Crippen LogP contribution is 2.40. The number of nitrogens with zero attached hydrogens (tertiary/aromatic N) is 3. The predicted octanol–water partition coefficient (Wildman–Crippen LogP) is 4.43. The van der Waals surface area contributed by atoms with Crippen LogP contribution in [0, 0.1) is 0 Å². The van der Waals surface area contributed by atoms with Crippen LogP contribution in [0.4, 0.5) is 0 Å². The minimum Gasteiger partial charge on any atom is -0.467 e. The average Bonchev–Trinajstić information content (AvgIpc) is 3.18. The van der Waals surface area contributed by atoms with Crippen LogP contribution in [0.2, 0.25) is 5.02 Å². The molecule has 1 saturated carbocycles. The lowest BCUT2D eigenvalue weighted by atomic mass is 10.1. The molecule has 1 fully saturated rings. The molecule has 0 amide bonds. The van der Waals surface area contributed by atoms with Gasteiger partial charge in [-0.2, -0.15) is 0 Å². The predicted molar refractivity (Wildman–Crippen MR) is 96.3 cm³/mol. The van der Waals surface area contributed by atoms with Crippen LogP contribution in [-0.4, -0.2) is 26.3 Å². The Bertz CT molecular complexity index is 870. The minimum atomic E-state index is 0.0437. The van der Waals surface area contributed by atoms with E-state index in [1.165, 1.54) is 11.8 Å². The highest BCUT2D eigenvalue weighted by molar-refractivity contribution is 7.99. The fraction of sp³-hybridized carbons (Fsp3) is 0.278. The van der Waals surface area contributed by atoms with Crippen LogP contribution in [0.5, 0.6) is 0 Å². The molecule has 0 saturated heterocycles. The van der Waals surface area contributed by atoms with E-state index in [0.717, 1.165) is 29.6 Å².